The van der Waals surface area contributed by atoms with E-state index in [-0.39, 0.29) is 0 Å². The molecule has 0 aliphatic carbocycles. The van der Waals surface area contributed by atoms with Crippen molar-refractivity contribution in [3.8, 4) is 28.1 Å². The van der Waals surface area contributed by atoms with Crippen molar-refractivity contribution >= 4 is 66.5 Å². The van der Waals surface area contributed by atoms with Crippen molar-refractivity contribution in [3.63, 3.8) is 0 Å². The summed E-state index contributed by atoms with van der Waals surface area (Å²) in [5, 5.41) is 8.31. The van der Waals surface area contributed by atoms with E-state index >= 15 is 4.57 Å². The second-order valence-electron chi connectivity index (χ2n) is 13.5. The van der Waals surface area contributed by atoms with Crippen LogP contribution in [0.5, 0.6) is 0 Å². The van der Waals surface area contributed by atoms with Gasteiger partial charge in [-0.1, -0.05) is 176 Å². The summed E-state index contributed by atoms with van der Waals surface area (Å²) >= 11 is 0. The van der Waals surface area contributed by atoms with Gasteiger partial charge in [0.15, 0.2) is 7.14 Å². The lowest BCUT2D eigenvalue weighted by atomic mass is 9.97. The second kappa shape index (κ2) is 12.6. The maximum absolute atomic E-state index is 15.0. The smallest absolute Gasteiger partial charge is 0.171 e. The van der Waals surface area contributed by atoms with Crippen molar-refractivity contribution < 1.29 is 4.57 Å². The Morgan fingerprint density at radius 3 is 1.62 bits per heavy atom. The Labute approximate surface area is 307 Å². The number of aromatic nitrogens is 2. The maximum Gasteiger partial charge on any atom is 0.171 e. The highest BCUT2D eigenvalue weighted by Gasteiger charge is 2.29. The van der Waals surface area contributed by atoms with Crippen LogP contribution in [0.25, 0.3) is 71.6 Å². The number of hydrogen-bond acceptors (Lipinski definition) is 2. The van der Waals surface area contributed by atoms with E-state index in [1.54, 1.807) is 0 Å². The van der Waals surface area contributed by atoms with Crippen molar-refractivity contribution in [2.45, 2.75) is 0 Å². The van der Waals surface area contributed by atoms with Gasteiger partial charge in [0, 0.05) is 54.1 Å². The summed E-state index contributed by atoms with van der Waals surface area (Å²) in [6.07, 6.45) is 0. The van der Waals surface area contributed by atoms with Crippen LogP contribution < -0.4 is 15.9 Å². The molecule has 0 N–H and O–H groups in total. The van der Waals surface area contributed by atoms with Crippen molar-refractivity contribution in [1.29, 1.82) is 0 Å². The molecule has 0 unspecified atom stereocenters. The monoisotopic (exact) mass is 696 g/mol. The third kappa shape index (κ3) is 5.04. The van der Waals surface area contributed by atoms with Gasteiger partial charge in [0.05, 0.1) is 22.2 Å². The van der Waals surface area contributed by atoms with Gasteiger partial charge in [-0.05, 0) is 35.4 Å². The molecular weight excluding hydrogens is 664 g/mol. The quantitative estimate of drug-likeness (QED) is 0.128. The average molecular weight is 697 g/mol. The first-order valence-electron chi connectivity index (χ1n) is 17.9. The van der Waals surface area contributed by atoms with Crippen LogP contribution in [0, 0.1) is 0 Å². The molecule has 10 rings (SSSR count). The van der Waals surface area contributed by atoms with Gasteiger partial charge in [-0.2, -0.15) is 0 Å². The average Bonchev–Trinajstić information content (AvgIpc) is 3.58. The molecule has 2 aromatic heterocycles. The number of hydrogen-bond donors (Lipinski definition) is 0. The molecule has 53 heavy (non-hydrogen) atoms. The van der Waals surface area contributed by atoms with E-state index in [9.17, 15) is 0 Å². The Bertz CT molecular complexity index is 2950. The zero-order chi connectivity index (χ0) is 35.4. The number of para-hydroxylation sites is 2. The fraction of sp³-hybridized carbons (Fsp3) is 0. The summed E-state index contributed by atoms with van der Waals surface area (Å²) in [7, 11) is -3.07. The lowest BCUT2D eigenvalue weighted by molar-refractivity contribution is 0.592. The fourth-order valence-corrected chi connectivity index (χ4v) is 10.6. The Hall–Kier alpha value is -6.54. The van der Waals surface area contributed by atoms with Gasteiger partial charge < -0.3 is 9.13 Å². The van der Waals surface area contributed by atoms with Gasteiger partial charge in [-0.25, -0.2) is 4.98 Å². The number of benzene rings is 8. The fourth-order valence-electron chi connectivity index (χ4n) is 7.97. The largest absolute Gasteiger partial charge is 0.309 e. The van der Waals surface area contributed by atoms with Crippen molar-refractivity contribution in [3.05, 3.63) is 200 Å². The van der Waals surface area contributed by atoms with E-state index in [4.69, 9.17) is 4.98 Å². The number of fused-ring (bicyclic) bond motifs is 7. The van der Waals surface area contributed by atoms with E-state index in [2.05, 4.69) is 132 Å². The van der Waals surface area contributed by atoms with Gasteiger partial charge in [0.2, 0.25) is 0 Å². The van der Waals surface area contributed by atoms with E-state index in [1.165, 1.54) is 21.7 Å². The lowest BCUT2D eigenvalue weighted by Crippen LogP contribution is -2.24. The first kappa shape index (κ1) is 31.2. The minimum Gasteiger partial charge on any atom is -0.309 e. The topological polar surface area (TPSA) is 34.9 Å². The first-order valence-corrected chi connectivity index (χ1v) is 19.6. The summed E-state index contributed by atoms with van der Waals surface area (Å²) in [4.78, 5) is 5.22. The molecule has 0 aliphatic heterocycles. The van der Waals surface area contributed by atoms with Gasteiger partial charge in [0.1, 0.15) is 0 Å². The third-order valence-corrected chi connectivity index (χ3v) is 13.5. The Morgan fingerprint density at radius 1 is 0.415 bits per heavy atom. The summed E-state index contributed by atoms with van der Waals surface area (Å²) in [6, 6.07) is 68.9. The van der Waals surface area contributed by atoms with Crippen LogP contribution in [0.15, 0.2) is 200 Å². The molecule has 4 heteroatoms. The van der Waals surface area contributed by atoms with Crippen LogP contribution in [-0.2, 0) is 4.57 Å². The maximum atomic E-state index is 15.0. The Morgan fingerprint density at radius 2 is 0.943 bits per heavy atom. The Balaban J connectivity index is 1.21. The van der Waals surface area contributed by atoms with Gasteiger partial charge in [-0.15, -0.1) is 0 Å². The highest BCUT2D eigenvalue weighted by atomic mass is 31.2. The molecule has 0 atom stereocenters. The van der Waals surface area contributed by atoms with Crippen LogP contribution >= 0.6 is 7.14 Å². The van der Waals surface area contributed by atoms with Crippen LogP contribution in [0.2, 0.25) is 0 Å². The molecule has 0 saturated heterocycles. The van der Waals surface area contributed by atoms with Gasteiger partial charge in [-0.3, -0.25) is 0 Å². The predicted molar refractivity (Wildman–Crippen MR) is 224 cm³/mol. The van der Waals surface area contributed by atoms with Crippen LogP contribution in [-0.4, -0.2) is 9.55 Å². The molecule has 0 spiro atoms. The van der Waals surface area contributed by atoms with E-state index < -0.39 is 7.14 Å². The Kier molecular flexibility index (Phi) is 7.42. The molecule has 0 saturated carbocycles. The molecule has 8 aromatic carbocycles. The molecule has 10 aromatic rings. The van der Waals surface area contributed by atoms with Crippen LogP contribution in [0.4, 0.5) is 0 Å². The third-order valence-electron chi connectivity index (χ3n) is 10.5. The molecular formula is C49H33N2OP. The summed E-state index contributed by atoms with van der Waals surface area (Å²) in [5.74, 6) is 0. The molecule has 0 radical (unpaired) electrons. The molecule has 0 amide bonds. The summed E-state index contributed by atoms with van der Waals surface area (Å²) < 4.78 is 17.5. The minimum atomic E-state index is -3.07. The SMILES string of the molecule is O=P(c1ccccc1)(c1ccccc1)c1ccc(-c2ccc3c4ccc5c(-c6ccccc6)nc6ccccc6c5c4n(-c4ccccc4)c3c2)cc1. The number of nitrogens with zero attached hydrogens (tertiary/aromatic N) is 2. The highest BCUT2D eigenvalue weighted by molar-refractivity contribution is 7.85. The lowest BCUT2D eigenvalue weighted by Gasteiger charge is -2.20. The van der Waals surface area contributed by atoms with Crippen molar-refractivity contribution in [2.24, 2.45) is 0 Å². The first-order chi connectivity index (χ1) is 26.2. The molecule has 0 aliphatic rings. The zero-order valence-corrected chi connectivity index (χ0v) is 29.7. The molecule has 0 bridgehead atoms. The second-order valence-corrected chi connectivity index (χ2v) is 16.2. The standard InChI is InChI=1S/C49H33N2OP/c52-53(38-19-9-3-10-20-38,39-21-11-4-12-22-39)40-28-25-34(26-29-40)36-27-30-41-42-31-32-44-47(49(42)51(46(41)33-36)37-17-7-2-8-18-37)43-23-13-14-24-45(43)50-48(44)35-15-5-1-6-16-35/h1-33H. The highest BCUT2D eigenvalue weighted by Crippen LogP contribution is 2.44. The van der Waals surface area contributed by atoms with E-state index in [1.807, 2.05) is 72.8 Å². The van der Waals surface area contributed by atoms with Crippen LogP contribution in [0.3, 0.4) is 0 Å². The normalized spacial score (nSPS) is 11.8. The van der Waals surface area contributed by atoms with Crippen molar-refractivity contribution in [2.75, 3.05) is 0 Å². The van der Waals surface area contributed by atoms with Gasteiger partial charge in [0.25, 0.3) is 0 Å². The van der Waals surface area contributed by atoms with Crippen LogP contribution in [0.1, 0.15) is 0 Å². The molecule has 250 valence electrons. The van der Waals surface area contributed by atoms with E-state index in [0.29, 0.717) is 0 Å². The summed E-state index contributed by atoms with van der Waals surface area (Å²) in [6.45, 7) is 0. The summed E-state index contributed by atoms with van der Waals surface area (Å²) in [5.41, 5.74) is 8.61. The predicted octanol–water partition coefficient (Wildman–Crippen LogP) is 11.5. The molecule has 3 nitrogen and oxygen atoms in total. The molecule has 2 heterocycles. The molecule has 0 fully saturated rings. The number of pyridine rings is 1. The van der Waals surface area contributed by atoms with Gasteiger partial charge >= 0.3 is 0 Å². The van der Waals surface area contributed by atoms with Crippen molar-refractivity contribution in [1.82, 2.24) is 9.55 Å². The zero-order valence-electron chi connectivity index (χ0n) is 28.8. The van der Waals surface area contributed by atoms with E-state index in [0.717, 1.165) is 65.8 Å². The minimum absolute atomic E-state index is 0.819. The number of rotatable bonds is 6.